The zero-order valence-corrected chi connectivity index (χ0v) is 15.2. The van der Waals surface area contributed by atoms with Crippen LogP contribution in [0.3, 0.4) is 0 Å². The zero-order chi connectivity index (χ0) is 18.5. The summed E-state index contributed by atoms with van der Waals surface area (Å²) in [5.74, 6) is 0.360. The van der Waals surface area contributed by atoms with Crippen LogP contribution >= 0.6 is 0 Å². The summed E-state index contributed by atoms with van der Waals surface area (Å²) in [6.07, 6.45) is 1.84. The summed E-state index contributed by atoms with van der Waals surface area (Å²) < 4.78 is 5.66. The molecule has 5 nitrogen and oxygen atoms in total. The molecule has 1 saturated heterocycles. The van der Waals surface area contributed by atoms with E-state index in [1.54, 1.807) is 31.2 Å². The van der Waals surface area contributed by atoms with Crippen molar-refractivity contribution in [2.45, 2.75) is 32.8 Å². The fraction of sp³-hybridized carbons (Fsp3) is 0.333. The molecule has 1 aliphatic rings. The van der Waals surface area contributed by atoms with Gasteiger partial charge in [-0.2, -0.15) is 5.26 Å². The summed E-state index contributed by atoms with van der Waals surface area (Å²) in [4.78, 5) is 14.8. The minimum Gasteiger partial charge on any atom is -0.481 e. The van der Waals surface area contributed by atoms with Crippen LogP contribution in [0.2, 0.25) is 0 Å². The van der Waals surface area contributed by atoms with Gasteiger partial charge < -0.3 is 15.0 Å². The molecule has 0 radical (unpaired) electrons. The van der Waals surface area contributed by atoms with E-state index in [0.717, 1.165) is 24.3 Å². The van der Waals surface area contributed by atoms with Crippen LogP contribution in [0, 0.1) is 18.3 Å². The predicted octanol–water partition coefficient (Wildman–Crippen LogP) is 3.87. The number of nitrogens with zero attached hydrogens (tertiary/aromatic N) is 2. The highest BCUT2D eigenvalue weighted by atomic mass is 16.5. The van der Waals surface area contributed by atoms with E-state index >= 15 is 0 Å². The number of hydrogen-bond acceptors (Lipinski definition) is 4. The maximum atomic E-state index is 12.4. The summed E-state index contributed by atoms with van der Waals surface area (Å²) >= 11 is 0. The number of rotatable bonds is 5. The topological polar surface area (TPSA) is 65.4 Å². The lowest BCUT2D eigenvalue weighted by Crippen LogP contribution is -2.30. The molecule has 1 unspecified atom stereocenters. The molecule has 2 aromatic rings. The number of amides is 1. The molecule has 0 aliphatic carbocycles. The number of carbonyl (C=O) groups excluding carboxylic acids is 1. The number of hydrogen-bond donors (Lipinski definition) is 1. The number of aryl methyl sites for hydroxylation is 1. The normalized spacial score (nSPS) is 14.6. The van der Waals surface area contributed by atoms with Crippen molar-refractivity contribution in [2.24, 2.45) is 0 Å². The second kappa shape index (κ2) is 7.92. The number of benzene rings is 2. The fourth-order valence-corrected chi connectivity index (χ4v) is 3.06. The lowest BCUT2D eigenvalue weighted by molar-refractivity contribution is -0.122. The second-order valence-electron chi connectivity index (χ2n) is 6.58. The van der Waals surface area contributed by atoms with Crippen molar-refractivity contribution in [2.75, 3.05) is 23.3 Å². The Kier molecular flexibility index (Phi) is 5.43. The average Bonchev–Trinajstić information content (AvgIpc) is 3.18. The van der Waals surface area contributed by atoms with Gasteiger partial charge in [-0.15, -0.1) is 0 Å². The molecule has 0 saturated carbocycles. The van der Waals surface area contributed by atoms with Gasteiger partial charge in [0.05, 0.1) is 11.6 Å². The van der Waals surface area contributed by atoms with E-state index < -0.39 is 6.10 Å². The molecule has 0 spiro atoms. The number of anilines is 2. The van der Waals surface area contributed by atoms with E-state index in [2.05, 4.69) is 28.4 Å². The molecule has 1 amide bonds. The van der Waals surface area contributed by atoms with Crippen LogP contribution in [0.1, 0.15) is 30.9 Å². The van der Waals surface area contributed by atoms with E-state index in [-0.39, 0.29) is 5.91 Å². The average molecular weight is 349 g/mol. The van der Waals surface area contributed by atoms with Gasteiger partial charge in [-0.3, -0.25) is 4.79 Å². The molecule has 134 valence electrons. The summed E-state index contributed by atoms with van der Waals surface area (Å²) in [5, 5.41) is 11.8. The monoisotopic (exact) mass is 349 g/mol. The van der Waals surface area contributed by atoms with Crippen molar-refractivity contribution in [3.63, 3.8) is 0 Å². The van der Waals surface area contributed by atoms with Crippen LogP contribution in [0.15, 0.2) is 42.5 Å². The first-order valence-corrected chi connectivity index (χ1v) is 8.90. The molecular weight excluding hydrogens is 326 g/mol. The van der Waals surface area contributed by atoms with E-state index in [9.17, 15) is 4.79 Å². The summed E-state index contributed by atoms with van der Waals surface area (Å²) in [5.41, 5.74) is 3.60. The number of nitriles is 1. The third-order valence-electron chi connectivity index (χ3n) is 4.60. The molecule has 0 aromatic heterocycles. The van der Waals surface area contributed by atoms with Crippen LogP contribution < -0.4 is 15.0 Å². The molecule has 3 rings (SSSR count). The first kappa shape index (κ1) is 17.8. The minimum absolute atomic E-state index is 0.202. The van der Waals surface area contributed by atoms with Crippen molar-refractivity contribution in [3.8, 4) is 11.8 Å². The maximum absolute atomic E-state index is 12.4. The van der Waals surface area contributed by atoms with Gasteiger partial charge in [-0.05, 0) is 74.7 Å². The molecule has 1 aliphatic heterocycles. The van der Waals surface area contributed by atoms with Gasteiger partial charge in [0.15, 0.2) is 6.10 Å². The van der Waals surface area contributed by atoms with Gasteiger partial charge >= 0.3 is 0 Å². The van der Waals surface area contributed by atoms with Gasteiger partial charge in [0.1, 0.15) is 5.75 Å². The Morgan fingerprint density at radius 1 is 1.19 bits per heavy atom. The first-order valence-electron chi connectivity index (χ1n) is 8.90. The fourth-order valence-electron chi connectivity index (χ4n) is 3.06. The Bertz CT molecular complexity index is 818. The van der Waals surface area contributed by atoms with Crippen molar-refractivity contribution < 1.29 is 9.53 Å². The highest BCUT2D eigenvalue weighted by Crippen LogP contribution is 2.25. The Morgan fingerprint density at radius 3 is 2.50 bits per heavy atom. The van der Waals surface area contributed by atoms with Crippen molar-refractivity contribution in [3.05, 3.63) is 53.6 Å². The van der Waals surface area contributed by atoms with Crippen molar-refractivity contribution in [1.82, 2.24) is 0 Å². The van der Waals surface area contributed by atoms with Gasteiger partial charge in [-0.1, -0.05) is 0 Å². The zero-order valence-electron chi connectivity index (χ0n) is 15.2. The minimum atomic E-state index is -0.638. The Hall–Kier alpha value is -3.00. The quantitative estimate of drug-likeness (QED) is 0.890. The SMILES string of the molecule is Cc1cc(N2CCCC2)ccc1NC(=O)C(C)Oc1ccc(C#N)cc1. The highest BCUT2D eigenvalue weighted by molar-refractivity contribution is 5.95. The lowest BCUT2D eigenvalue weighted by Gasteiger charge is -2.20. The van der Waals surface area contributed by atoms with Gasteiger partial charge in [0.25, 0.3) is 5.91 Å². The standard InChI is InChI=1S/C21H23N3O2/c1-15-13-18(24-11-3-4-12-24)7-10-20(15)23-21(25)16(2)26-19-8-5-17(14-22)6-9-19/h5-10,13,16H,3-4,11-12H2,1-2H3,(H,23,25). The van der Waals surface area contributed by atoms with Crippen LogP contribution in [0.4, 0.5) is 11.4 Å². The largest absolute Gasteiger partial charge is 0.481 e. The summed E-state index contributed by atoms with van der Waals surface area (Å²) in [7, 11) is 0. The molecular formula is C21H23N3O2. The lowest BCUT2D eigenvalue weighted by atomic mass is 10.1. The van der Waals surface area contributed by atoms with Crippen LogP contribution in [-0.2, 0) is 4.79 Å². The van der Waals surface area contributed by atoms with Crippen LogP contribution in [0.5, 0.6) is 5.75 Å². The summed E-state index contributed by atoms with van der Waals surface area (Å²) in [6, 6.07) is 14.9. The third-order valence-corrected chi connectivity index (χ3v) is 4.60. The Balaban J connectivity index is 1.62. The van der Waals surface area contributed by atoms with Crippen molar-refractivity contribution >= 4 is 17.3 Å². The number of nitrogens with one attached hydrogen (secondary N) is 1. The van der Waals surface area contributed by atoms with E-state index in [1.165, 1.54) is 18.5 Å². The van der Waals surface area contributed by atoms with Gasteiger partial charge in [-0.25, -0.2) is 0 Å². The van der Waals surface area contributed by atoms with Crippen molar-refractivity contribution in [1.29, 1.82) is 5.26 Å². The maximum Gasteiger partial charge on any atom is 0.265 e. The van der Waals surface area contributed by atoms with Crippen LogP contribution in [-0.4, -0.2) is 25.1 Å². The third kappa shape index (κ3) is 4.15. The molecule has 5 heteroatoms. The van der Waals surface area contributed by atoms with E-state index in [1.807, 2.05) is 13.0 Å². The molecule has 1 N–H and O–H groups in total. The van der Waals surface area contributed by atoms with E-state index in [4.69, 9.17) is 10.00 Å². The highest BCUT2D eigenvalue weighted by Gasteiger charge is 2.17. The Labute approximate surface area is 154 Å². The molecule has 0 bridgehead atoms. The van der Waals surface area contributed by atoms with Gasteiger partial charge in [0, 0.05) is 24.5 Å². The predicted molar refractivity (Wildman–Crippen MR) is 103 cm³/mol. The number of carbonyl (C=O) groups is 1. The number of ether oxygens (including phenoxy) is 1. The van der Waals surface area contributed by atoms with Crippen LogP contribution in [0.25, 0.3) is 0 Å². The van der Waals surface area contributed by atoms with Gasteiger partial charge in [0.2, 0.25) is 0 Å². The molecule has 26 heavy (non-hydrogen) atoms. The molecule has 1 atom stereocenters. The molecule has 1 fully saturated rings. The molecule has 2 aromatic carbocycles. The second-order valence-corrected chi connectivity index (χ2v) is 6.58. The smallest absolute Gasteiger partial charge is 0.265 e. The molecule has 1 heterocycles. The Morgan fingerprint density at radius 2 is 1.88 bits per heavy atom. The van der Waals surface area contributed by atoms with E-state index in [0.29, 0.717) is 11.3 Å². The first-order chi connectivity index (χ1) is 12.6. The summed E-state index contributed by atoms with van der Waals surface area (Å²) in [6.45, 7) is 5.91.